The lowest BCUT2D eigenvalue weighted by atomic mass is 9.97. The van der Waals surface area contributed by atoms with Crippen LogP contribution in [0.1, 0.15) is 51.8 Å². The van der Waals surface area contributed by atoms with Crippen molar-refractivity contribution >= 4 is 0 Å². The predicted molar refractivity (Wildman–Crippen MR) is 78.9 cm³/mol. The molecule has 1 rings (SSSR count). The second-order valence-corrected chi connectivity index (χ2v) is 5.41. The van der Waals surface area contributed by atoms with E-state index in [1.54, 1.807) is 0 Å². The summed E-state index contributed by atoms with van der Waals surface area (Å²) in [6.45, 7) is 10.1. The summed E-state index contributed by atoms with van der Waals surface area (Å²) in [5.74, 6) is 0.685. The van der Waals surface area contributed by atoms with Crippen molar-refractivity contribution in [1.29, 1.82) is 0 Å². The van der Waals surface area contributed by atoms with Crippen molar-refractivity contribution in [3.05, 3.63) is 29.6 Å². The summed E-state index contributed by atoms with van der Waals surface area (Å²) in [5.41, 5.74) is 2.55. The topological polar surface area (TPSA) is 24.9 Å². The molecule has 18 heavy (non-hydrogen) atoms. The first-order chi connectivity index (χ1) is 8.65. The largest absolute Gasteiger partial charge is 0.314 e. The fourth-order valence-electron chi connectivity index (χ4n) is 2.30. The van der Waals surface area contributed by atoms with Gasteiger partial charge in [-0.1, -0.05) is 26.8 Å². The van der Waals surface area contributed by atoms with Gasteiger partial charge in [0.05, 0.1) is 0 Å². The number of rotatable bonds is 8. The molecule has 1 aromatic heterocycles. The first kappa shape index (κ1) is 15.2. The van der Waals surface area contributed by atoms with Crippen molar-refractivity contribution in [1.82, 2.24) is 10.3 Å². The molecule has 0 aliphatic heterocycles. The maximum Gasteiger partial charge on any atom is 0.0406 e. The van der Waals surface area contributed by atoms with Crippen LogP contribution in [0.3, 0.4) is 0 Å². The fourth-order valence-corrected chi connectivity index (χ4v) is 2.30. The smallest absolute Gasteiger partial charge is 0.0406 e. The Bertz CT molecular complexity index is 318. The highest BCUT2D eigenvalue weighted by Crippen LogP contribution is 2.13. The predicted octanol–water partition coefficient (Wildman–Crippen LogP) is 3.60. The third kappa shape index (κ3) is 5.63. The van der Waals surface area contributed by atoms with Gasteiger partial charge in [-0.3, -0.25) is 4.98 Å². The average Bonchev–Trinajstić information content (AvgIpc) is 2.37. The molecule has 1 N–H and O–H groups in total. The molecule has 0 bridgehead atoms. The number of nitrogens with zero attached hydrogens (tertiary/aromatic N) is 1. The third-order valence-electron chi connectivity index (χ3n) is 3.35. The number of nitrogens with one attached hydrogen (secondary N) is 1. The molecule has 1 heterocycles. The van der Waals surface area contributed by atoms with Crippen LogP contribution in [0, 0.1) is 5.92 Å². The van der Waals surface area contributed by atoms with E-state index in [4.69, 9.17) is 0 Å². The quantitative estimate of drug-likeness (QED) is 0.760. The van der Waals surface area contributed by atoms with E-state index in [2.05, 4.69) is 50.1 Å². The first-order valence-corrected chi connectivity index (χ1v) is 7.32. The molecule has 0 aliphatic carbocycles. The highest BCUT2D eigenvalue weighted by Gasteiger charge is 2.09. The van der Waals surface area contributed by atoms with E-state index >= 15 is 0 Å². The zero-order valence-corrected chi connectivity index (χ0v) is 12.4. The second-order valence-electron chi connectivity index (χ2n) is 5.41. The van der Waals surface area contributed by atoms with Crippen molar-refractivity contribution in [3.63, 3.8) is 0 Å². The Morgan fingerprint density at radius 2 is 2.00 bits per heavy atom. The Morgan fingerprint density at radius 1 is 1.22 bits per heavy atom. The number of aryl methyl sites for hydroxylation is 1. The summed E-state index contributed by atoms with van der Waals surface area (Å²) < 4.78 is 0. The monoisotopic (exact) mass is 248 g/mol. The van der Waals surface area contributed by atoms with Gasteiger partial charge < -0.3 is 5.32 Å². The lowest BCUT2D eigenvalue weighted by molar-refractivity contribution is 0.417. The SMILES string of the molecule is CCCNC(C)CC(C)Cc1ccc(CC)cn1. The lowest BCUT2D eigenvalue weighted by Crippen LogP contribution is -2.28. The molecule has 102 valence electrons. The molecule has 0 amide bonds. The second kappa shape index (κ2) is 8.25. The Labute approximate surface area is 112 Å². The van der Waals surface area contributed by atoms with E-state index < -0.39 is 0 Å². The summed E-state index contributed by atoms with van der Waals surface area (Å²) >= 11 is 0. The van der Waals surface area contributed by atoms with Crippen molar-refractivity contribution in [2.75, 3.05) is 6.54 Å². The van der Waals surface area contributed by atoms with Gasteiger partial charge in [-0.05, 0) is 56.7 Å². The number of aromatic nitrogens is 1. The van der Waals surface area contributed by atoms with E-state index in [0.29, 0.717) is 12.0 Å². The fraction of sp³-hybridized carbons (Fsp3) is 0.688. The van der Waals surface area contributed by atoms with Crippen molar-refractivity contribution in [2.24, 2.45) is 5.92 Å². The van der Waals surface area contributed by atoms with Gasteiger partial charge >= 0.3 is 0 Å². The normalized spacial score (nSPS) is 14.4. The van der Waals surface area contributed by atoms with Crippen LogP contribution in [0.25, 0.3) is 0 Å². The maximum atomic E-state index is 4.54. The molecule has 0 aliphatic rings. The molecule has 0 aromatic carbocycles. The van der Waals surface area contributed by atoms with Crippen LogP contribution in [-0.4, -0.2) is 17.6 Å². The average molecular weight is 248 g/mol. The zero-order valence-electron chi connectivity index (χ0n) is 12.4. The highest BCUT2D eigenvalue weighted by molar-refractivity contribution is 5.14. The number of hydrogen-bond donors (Lipinski definition) is 1. The molecule has 0 saturated carbocycles. The minimum Gasteiger partial charge on any atom is -0.314 e. The summed E-state index contributed by atoms with van der Waals surface area (Å²) in [7, 11) is 0. The van der Waals surface area contributed by atoms with Gasteiger partial charge in [0.1, 0.15) is 0 Å². The van der Waals surface area contributed by atoms with Gasteiger partial charge in [-0.2, -0.15) is 0 Å². The Hall–Kier alpha value is -0.890. The Balaban J connectivity index is 2.36. The summed E-state index contributed by atoms with van der Waals surface area (Å²) in [5, 5.41) is 3.55. The molecular formula is C16H28N2. The van der Waals surface area contributed by atoms with Crippen LogP contribution >= 0.6 is 0 Å². The molecule has 0 saturated heterocycles. The summed E-state index contributed by atoms with van der Waals surface area (Å²) in [6, 6.07) is 4.99. The molecular weight excluding hydrogens is 220 g/mol. The van der Waals surface area contributed by atoms with Crippen LogP contribution in [0.15, 0.2) is 18.3 Å². The molecule has 1 aromatic rings. The maximum absolute atomic E-state index is 4.54. The summed E-state index contributed by atoms with van der Waals surface area (Å²) in [6.07, 6.45) is 6.60. The Kier molecular flexibility index (Phi) is 6.96. The molecule has 0 spiro atoms. The Morgan fingerprint density at radius 3 is 2.56 bits per heavy atom. The minimum atomic E-state index is 0.606. The number of hydrogen-bond acceptors (Lipinski definition) is 2. The van der Waals surface area contributed by atoms with Gasteiger partial charge in [0.25, 0.3) is 0 Å². The van der Waals surface area contributed by atoms with Gasteiger partial charge in [0, 0.05) is 17.9 Å². The third-order valence-corrected chi connectivity index (χ3v) is 3.35. The van der Waals surface area contributed by atoms with Crippen LogP contribution in [0.2, 0.25) is 0 Å². The molecule has 2 atom stereocenters. The highest BCUT2D eigenvalue weighted by atomic mass is 14.9. The van der Waals surface area contributed by atoms with E-state index in [-0.39, 0.29) is 0 Å². The van der Waals surface area contributed by atoms with Gasteiger partial charge in [-0.25, -0.2) is 0 Å². The lowest BCUT2D eigenvalue weighted by Gasteiger charge is -2.18. The van der Waals surface area contributed by atoms with E-state index in [9.17, 15) is 0 Å². The van der Waals surface area contributed by atoms with Crippen molar-refractivity contribution < 1.29 is 0 Å². The van der Waals surface area contributed by atoms with Crippen molar-refractivity contribution in [3.8, 4) is 0 Å². The van der Waals surface area contributed by atoms with E-state index in [1.807, 2.05) is 6.20 Å². The standard InChI is InChI=1S/C16H28N2/c1-5-9-17-14(4)10-13(3)11-16-8-7-15(6-2)12-18-16/h7-8,12-14,17H,5-6,9-11H2,1-4H3. The molecule has 0 radical (unpaired) electrons. The van der Waals surface area contributed by atoms with Crippen LogP contribution in [0.4, 0.5) is 0 Å². The van der Waals surface area contributed by atoms with E-state index in [1.165, 1.54) is 24.1 Å². The van der Waals surface area contributed by atoms with Gasteiger partial charge in [-0.15, -0.1) is 0 Å². The molecule has 0 fully saturated rings. The van der Waals surface area contributed by atoms with Gasteiger partial charge in [0.15, 0.2) is 0 Å². The zero-order chi connectivity index (χ0) is 13.4. The van der Waals surface area contributed by atoms with Crippen LogP contribution < -0.4 is 5.32 Å². The number of pyridine rings is 1. The molecule has 2 nitrogen and oxygen atoms in total. The van der Waals surface area contributed by atoms with Gasteiger partial charge in [0.2, 0.25) is 0 Å². The molecule has 2 unspecified atom stereocenters. The minimum absolute atomic E-state index is 0.606. The van der Waals surface area contributed by atoms with Crippen molar-refractivity contribution in [2.45, 2.75) is 59.4 Å². The molecule has 2 heteroatoms. The first-order valence-electron chi connectivity index (χ1n) is 7.32. The van der Waals surface area contributed by atoms with Crippen LogP contribution in [-0.2, 0) is 12.8 Å². The van der Waals surface area contributed by atoms with Crippen LogP contribution in [0.5, 0.6) is 0 Å². The summed E-state index contributed by atoms with van der Waals surface area (Å²) in [4.78, 5) is 4.54. The van der Waals surface area contributed by atoms with E-state index in [0.717, 1.165) is 19.4 Å².